The van der Waals surface area contributed by atoms with Crippen LogP contribution in [0.3, 0.4) is 0 Å². The zero-order valence-electron chi connectivity index (χ0n) is 11.3. The minimum absolute atomic E-state index is 0.147. The number of hydrogen-bond acceptors (Lipinski definition) is 5. The van der Waals surface area contributed by atoms with Gasteiger partial charge in [0.05, 0.1) is 25.9 Å². The lowest BCUT2D eigenvalue weighted by atomic mass is 10.2. The van der Waals surface area contributed by atoms with E-state index >= 15 is 0 Å². The van der Waals surface area contributed by atoms with E-state index in [0.29, 0.717) is 19.6 Å². The molecule has 2 heterocycles. The van der Waals surface area contributed by atoms with Crippen molar-refractivity contribution in [2.24, 2.45) is 0 Å². The number of carbonyl (C=O) groups is 1. The molecule has 1 aliphatic heterocycles. The number of rotatable bonds is 4. The zero-order chi connectivity index (χ0) is 15.5. The third kappa shape index (κ3) is 4.14. The molecule has 118 valence electrons. The van der Waals surface area contributed by atoms with Crippen LogP contribution in [0, 0.1) is 0 Å². The van der Waals surface area contributed by atoms with E-state index < -0.39 is 29.9 Å². The molecule has 1 aromatic rings. The third-order valence-electron chi connectivity index (χ3n) is 2.94. The Kier molecular flexibility index (Phi) is 5.17. The van der Waals surface area contributed by atoms with E-state index in [1.165, 1.54) is 0 Å². The minimum Gasteiger partial charge on any atom is -0.376 e. The lowest BCUT2D eigenvalue weighted by Gasteiger charge is -2.24. The number of aromatic nitrogens is 1. The number of hydrogen-bond donors (Lipinski definition) is 1. The molecular weight excluding hydrogens is 309 g/mol. The van der Waals surface area contributed by atoms with E-state index in [0.717, 1.165) is 16.7 Å². The summed E-state index contributed by atoms with van der Waals surface area (Å²) >= 11 is 0.880. The van der Waals surface area contributed by atoms with Gasteiger partial charge >= 0.3 is 6.18 Å². The maximum atomic E-state index is 12.5. The van der Waals surface area contributed by atoms with Crippen molar-refractivity contribution < 1.29 is 27.4 Å². The first kappa shape index (κ1) is 16.2. The van der Waals surface area contributed by atoms with Crippen molar-refractivity contribution in [2.75, 3.05) is 19.8 Å². The van der Waals surface area contributed by atoms with Crippen molar-refractivity contribution in [1.29, 1.82) is 0 Å². The topological polar surface area (TPSA) is 60.5 Å². The summed E-state index contributed by atoms with van der Waals surface area (Å²) in [5, 5.41) is 3.83. The van der Waals surface area contributed by atoms with Crippen molar-refractivity contribution >= 4 is 17.2 Å². The van der Waals surface area contributed by atoms with Gasteiger partial charge in [0, 0.05) is 5.38 Å². The highest BCUT2D eigenvalue weighted by Crippen LogP contribution is 2.32. The SMILES string of the molecule is CC[C@H](NC(=O)[C@H]1COCCO1)c1nc(C(F)(F)F)cs1. The van der Waals surface area contributed by atoms with Gasteiger partial charge < -0.3 is 14.8 Å². The maximum Gasteiger partial charge on any atom is 0.434 e. The number of halogens is 3. The Balaban J connectivity index is 2.02. The zero-order valence-corrected chi connectivity index (χ0v) is 12.1. The number of nitrogens with one attached hydrogen (secondary N) is 1. The Labute approximate surface area is 123 Å². The van der Waals surface area contributed by atoms with Crippen molar-refractivity contribution in [3.8, 4) is 0 Å². The number of nitrogens with zero attached hydrogens (tertiary/aromatic N) is 1. The summed E-state index contributed by atoms with van der Waals surface area (Å²) in [6.07, 6.45) is -4.77. The normalized spacial score (nSPS) is 21.0. The summed E-state index contributed by atoms with van der Waals surface area (Å²) in [6, 6.07) is -0.566. The Hall–Kier alpha value is -1.19. The summed E-state index contributed by atoms with van der Waals surface area (Å²) in [4.78, 5) is 15.5. The minimum atomic E-state index is -4.47. The molecule has 0 aliphatic carbocycles. The lowest BCUT2D eigenvalue weighted by molar-refractivity contribution is -0.148. The van der Waals surface area contributed by atoms with Gasteiger partial charge in [0.25, 0.3) is 5.91 Å². The first-order valence-electron chi connectivity index (χ1n) is 6.44. The fraction of sp³-hybridized carbons (Fsp3) is 0.667. The molecule has 5 nitrogen and oxygen atoms in total. The fourth-order valence-electron chi connectivity index (χ4n) is 1.82. The summed E-state index contributed by atoms with van der Waals surface area (Å²) in [6.45, 7) is 2.67. The summed E-state index contributed by atoms with van der Waals surface area (Å²) in [5.41, 5.74) is -0.938. The van der Waals surface area contributed by atoms with Gasteiger partial charge in [-0.05, 0) is 6.42 Å². The largest absolute Gasteiger partial charge is 0.434 e. The van der Waals surface area contributed by atoms with Crippen LogP contribution in [-0.2, 0) is 20.4 Å². The van der Waals surface area contributed by atoms with E-state index in [1.807, 2.05) is 0 Å². The molecule has 0 radical (unpaired) electrons. The molecule has 0 saturated carbocycles. The average molecular weight is 324 g/mol. The molecule has 0 aromatic carbocycles. The van der Waals surface area contributed by atoms with Crippen molar-refractivity contribution in [2.45, 2.75) is 31.7 Å². The van der Waals surface area contributed by atoms with Gasteiger partial charge in [0.15, 0.2) is 11.8 Å². The second kappa shape index (κ2) is 6.71. The van der Waals surface area contributed by atoms with Crippen LogP contribution in [0.1, 0.15) is 30.1 Å². The van der Waals surface area contributed by atoms with Crippen molar-refractivity contribution in [1.82, 2.24) is 10.3 Å². The van der Waals surface area contributed by atoms with Gasteiger partial charge in [0.1, 0.15) is 5.01 Å². The predicted octanol–water partition coefficient (Wildman–Crippen LogP) is 2.14. The fourth-order valence-corrected chi connectivity index (χ4v) is 2.78. The molecule has 0 unspecified atom stereocenters. The summed E-state index contributed by atoms with van der Waals surface area (Å²) < 4.78 is 48.0. The second-order valence-electron chi connectivity index (χ2n) is 4.47. The maximum absolute atomic E-state index is 12.5. The molecule has 1 aliphatic rings. The van der Waals surface area contributed by atoms with E-state index in [-0.39, 0.29) is 11.6 Å². The van der Waals surface area contributed by atoms with Crippen LogP contribution >= 0.6 is 11.3 Å². The molecule has 0 bridgehead atoms. The molecule has 1 amide bonds. The highest BCUT2D eigenvalue weighted by atomic mass is 32.1. The lowest BCUT2D eigenvalue weighted by Crippen LogP contribution is -2.44. The summed E-state index contributed by atoms with van der Waals surface area (Å²) in [5.74, 6) is -0.398. The van der Waals surface area contributed by atoms with Crippen LogP contribution in [0.25, 0.3) is 0 Å². The number of thiazole rings is 1. The molecule has 9 heteroatoms. The van der Waals surface area contributed by atoms with Crippen LogP contribution in [0.4, 0.5) is 13.2 Å². The molecule has 2 rings (SSSR count). The van der Waals surface area contributed by atoms with Gasteiger partial charge in [-0.25, -0.2) is 4.98 Å². The van der Waals surface area contributed by atoms with Crippen molar-refractivity contribution in [3.05, 3.63) is 16.1 Å². The van der Waals surface area contributed by atoms with Gasteiger partial charge in [-0.15, -0.1) is 11.3 Å². The van der Waals surface area contributed by atoms with Gasteiger partial charge in [-0.3, -0.25) is 4.79 Å². The Morgan fingerprint density at radius 2 is 2.33 bits per heavy atom. The van der Waals surface area contributed by atoms with Crippen LogP contribution < -0.4 is 5.32 Å². The Bertz CT molecular complexity index is 486. The van der Waals surface area contributed by atoms with E-state index in [9.17, 15) is 18.0 Å². The molecule has 0 spiro atoms. The first-order chi connectivity index (χ1) is 9.91. The predicted molar refractivity (Wildman–Crippen MR) is 68.8 cm³/mol. The Morgan fingerprint density at radius 3 is 2.86 bits per heavy atom. The van der Waals surface area contributed by atoms with Gasteiger partial charge in [-0.2, -0.15) is 13.2 Å². The van der Waals surface area contributed by atoms with Crippen molar-refractivity contribution in [3.63, 3.8) is 0 Å². The van der Waals surface area contributed by atoms with Crippen LogP contribution in [0.15, 0.2) is 5.38 Å². The third-order valence-corrected chi connectivity index (χ3v) is 3.90. The van der Waals surface area contributed by atoms with Crippen LogP contribution in [-0.4, -0.2) is 36.8 Å². The smallest absolute Gasteiger partial charge is 0.376 e. The molecular formula is C12H15F3N2O3S. The molecule has 2 atom stereocenters. The molecule has 1 fully saturated rings. The van der Waals surface area contributed by atoms with Crippen LogP contribution in [0.5, 0.6) is 0 Å². The molecule has 1 aromatic heterocycles. The van der Waals surface area contributed by atoms with Crippen LogP contribution in [0.2, 0.25) is 0 Å². The standard InChI is InChI=1S/C12H15F3N2O3S/c1-2-7(11-17-9(6-21-11)12(13,14)15)16-10(18)8-5-19-3-4-20-8/h6-8H,2-5H2,1H3,(H,16,18)/t7-,8+/m0/s1. The number of amides is 1. The second-order valence-corrected chi connectivity index (χ2v) is 5.36. The number of alkyl halides is 3. The number of carbonyl (C=O) groups excluding carboxylic acids is 1. The van der Waals surface area contributed by atoms with E-state index in [4.69, 9.17) is 9.47 Å². The van der Waals surface area contributed by atoms with E-state index in [1.54, 1.807) is 6.92 Å². The van der Waals surface area contributed by atoms with Gasteiger partial charge in [-0.1, -0.05) is 6.92 Å². The highest BCUT2D eigenvalue weighted by molar-refractivity contribution is 7.09. The average Bonchev–Trinajstić information content (AvgIpc) is 2.95. The molecule has 1 N–H and O–H groups in total. The molecule has 1 saturated heterocycles. The quantitative estimate of drug-likeness (QED) is 0.922. The van der Waals surface area contributed by atoms with Gasteiger partial charge in [0.2, 0.25) is 0 Å². The molecule has 21 heavy (non-hydrogen) atoms. The monoisotopic (exact) mass is 324 g/mol. The summed E-state index contributed by atoms with van der Waals surface area (Å²) in [7, 11) is 0. The first-order valence-corrected chi connectivity index (χ1v) is 7.32. The number of ether oxygens (including phenoxy) is 2. The highest BCUT2D eigenvalue weighted by Gasteiger charge is 2.35. The van der Waals surface area contributed by atoms with E-state index in [2.05, 4.69) is 10.3 Å². The Morgan fingerprint density at radius 1 is 1.57 bits per heavy atom.